The van der Waals surface area contributed by atoms with Gasteiger partial charge in [-0.25, -0.2) is 12.1 Å². The molecule has 2 heteroatoms. The molecule has 0 radical (unpaired) electrons. The fourth-order valence-corrected chi connectivity index (χ4v) is 5.73. The molecule has 4 aromatic carbocycles. The van der Waals surface area contributed by atoms with Gasteiger partial charge in [0.2, 0.25) is 0 Å². The molecule has 0 heterocycles. The van der Waals surface area contributed by atoms with Crippen molar-refractivity contribution in [3.63, 3.8) is 0 Å². The summed E-state index contributed by atoms with van der Waals surface area (Å²) >= 11 is -1.69. The minimum absolute atomic E-state index is 0. The van der Waals surface area contributed by atoms with Crippen LogP contribution < -0.4 is 0 Å². The van der Waals surface area contributed by atoms with Gasteiger partial charge in [0.15, 0.2) is 0 Å². The van der Waals surface area contributed by atoms with Gasteiger partial charge in [-0.05, 0) is 0 Å². The second kappa shape index (κ2) is 17.9. The van der Waals surface area contributed by atoms with Crippen LogP contribution in [0.5, 0.6) is 0 Å². The monoisotopic (exact) mass is 592 g/mol. The van der Waals surface area contributed by atoms with Crippen molar-refractivity contribution in [1.82, 2.24) is 0 Å². The standard InChI is InChI=1S/2C7H7.C7H6.C5H5.3CH3.Sn.Zr/c3*1-7-5-3-2-4-6-7;1-2-4-5-3-1;;;;;/h2*2-6H,1H2;1-6H;1-5H;3*1H3;;/q4*-1;;;;;+4. The van der Waals surface area contributed by atoms with E-state index in [0.717, 1.165) is 11.1 Å². The van der Waals surface area contributed by atoms with Gasteiger partial charge in [0.25, 0.3) is 0 Å². The number of rotatable bonds is 2. The average Bonchev–Trinajstić information content (AvgIpc) is 3.30. The maximum absolute atomic E-state index is 3.72. The molecule has 0 bridgehead atoms. The zero-order valence-electron chi connectivity index (χ0n) is 19.0. The van der Waals surface area contributed by atoms with Crippen LogP contribution in [-0.4, -0.2) is 18.4 Å². The van der Waals surface area contributed by atoms with Crippen LogP contribution in [0.4, 0.5) is 0 Å². The van der Waals surface area contributed by atoms with Crippen molar-refractivity contribution in [1.29, 1.82) is 0 Å². The zero-order valence-corrected chi connectivity index (χ0v) is 24.4. The molecule has 0 aliphatic rings. The van der Waals surface area contributed by atoms with E-state index in [9.17, 15) is 0 Å². The summed E-state index contributed by atoms with van der Waals surface area (Å²) in [6.45, 7) is 7.44. The average molecular weight is 593 g/mol. The summed E-state index contributed by atoms with van der Waals surface area (Å²) < 4.78 is 2.48. The second-order valence-corrected chi connectivity index (χ2v) is 22.2. The first kappa shape index (κ1) is 29.3. The molecule has 0 spiro atoms. The molecule has 0 fully saturated rings. The minimum Gasteiger partial charge on any atom is -0.214 e. The van der Waals surface area contributed by atoms with Crippen LogP contribution >= 0.6 is 0 Å². The first-order chi connectivity index (χ1) is 14.4. The Labute approximate surface area is 214 Å². The number of hydrogen-bond donors (Lipinski definition) is 0. The Kier molecular flexibility index (Phi) is 16.9. The summed E-state index contributed by atoms with van der Waals surface area (Å²) in [6.07, 6.45) is 0. The second-order valence-electron chi connectivity index (χ2n) is 7.85. The molecule has 0 aliphatic heterocycles. The quantitative estimate of drug-likeness (QED) is 0.162. The van der Waals surface area contributed by atoms with Crippen molar-refractivity contribution in [2.24, 2.45) is 0 Å². The van der Waals surface area contributed by atoms with Gasteiger partial charge in [0.05, 0.1) is 0 Å². The molecule has 0 nitrogen and oxygen atoms in total. The molecule has 4 rings (SSSR count). The van der Waals surface area contributed by atoms with E-state index < -0.39 is 18.4 Å². The zero-order chi connectivity index (χ0) is 22.1. The number of hydrogen-bond acceptors (Lipinski definition) is 0. The van der Waals surface area contributed by atoms with Crippen molar-refractivity contribution < 1.29 is 26.2 Å². The molecule has 0 amide bonds. The van der Waals surface area contributed by atoms with Crippen LogP contribution in [0.25, 0.3) is 0 Å². The SMILES string of the molecule is [CH2-]c1ccccc1.[CH2-]c1ccccc1.[CH3][Sn]([CH3])([CH3])[CH-]c1ccccc1.[Zr+4].c1cc[cH-]c1. The summed E-state index contributed by atoms with van der Waals surface area (Å²) in [5.74, 6) is 0. The third-order valence-electron chi connectivity index (χ3n) is 3.64. The van der Waals surface area contributed by atoms with E-state index in [-0.39, 0.29) is 26.2 Å². The molecule has 0 atom stereocenters. The fraction of sp³-hybridized carbons (Fsp3) is 0.103. The molecule has 31 heavy (non-hydrogen) atoms. The van der Waals surface area contributed by atoms with Gasteiger partial charge in [-0.15, -0.1) is 24.3 Å². The molecule has 0 saturated heterocycles. The maximum Gasteiger partial charge on any atom is 4.00 e. The van der Waals surface area contributed by atoms with E-state index in [0.29, 0.717) is 0 Å². The Hall–Kier alpha value is -1.70. The van der Waals surface area contributed by atoms with Crippen LogP contribution in [0.3, 0.4) is 0 Å². The van der Waals surface area contributed by atoms with Gasteiger partial charge in [-0.2, -0.15) is 67.4 Å². The summed E-state index contributed by atoms with van der Waals surface area (Å²) in [5, 5.41) is 0. The van der Waals surface area contributed by atoms with Crippen molar-refractivity contribution in [2.45, 2.75) is 14.8 Å². The molecular weight excluding hydrogens is 558 g/mol. The van der Waals surface area contributed by atoms with Crippen LogP contribution in [0.15, 0.2) is 121 Å². The van der Waals surface area contributed by atoms with Crippen molar-refractivity contribution >= 4 is 18.4 Å². The van der Waals surface area contributed by atoms with E-state index in [1.807, 2.05) is 91.0 Å². The van der Waals surface area contributed by atoms with E-state index >= 15 is 0 Å². The largest absolute Gasteiger partial charge is 4.00 e. The smallest absolute Gasteiger partial charge is 0.214 e. The summed E-state index contributed by atoms with van der Waals surface area (Å²) in [7, 11) is 0. The van der Waals surface area contributed by atoms with Gasteiger partial charge in [0, 0.05) is 0 Å². The summed E-state index contributed by atoms with van der Waals surface area (Å²) in [6, 6.07) is 40.4. The van der Waals surface area contributed by atoms with Crippen LogP contribution in [0.2, 0.25) is 14.8 Å². The van der Waals surface area contributed by atoms with E-state index in [1.54, 1.807) is 0 Å². The van der Waals surface area contributed by atoms with Crippen molar-refractivity contribution in [2.75, 3.05) is 0 Å². The van der Waals surface area contributed by atoms with Gasteiger partial charge in [0.1, 0.15) is 0 Å². The Morgan fingerprint density at radius 1 is 0.581 bits per heavy atom. The van der Waals surface area contributed by atoms with E-state index in [4.69, 9.17) is 0 Å². The van der Waals surface area contributed by atoms with Crippen LogP contribution in [0.1, 0.15) is 16.7 Å². The van der Waals surface area contributed by atoms with Gasteiger partial charge in [-0.3, -0.25) is 0 Å². The molecule has 0 unspecified atom stereocenters. The first-order valence-electron chi connectivity index (χ1n) is 10.2. The number of benzene rings is 3. The summed E-state index contributed by atoms with van der Waals surface area (Å²) in [4.78, 5) is 7.26. The Bertz CT molecular complexity index is 794. The summed E-state index contributed by atoms with van der Waals surface area (Å²) in [5.41, 5.74) is 3.54. The Morgan fingerprint density at radius 3 is 1.16 bits per heavy atom. The van der Waals surface area contributed by atoms with Gasteiger partial charge >= 0.3 is 99.7 Å². The predicted octanol–water partition coefficient (Wildman–Crippen LogP) is 8.26. The van der Waals surface area contributed by atoms with Gasteiger partial charge < -0.3 is 0 Å². The predicted molar refractivity (Wildman–Crippen MR) is 137 cm³/mol. The third kappa shape index (κ3) is 18.8. The van der Waals surface area contributed by atoms with E-state index in [2.05, 4.69) is 63.4 Å². The molecular formula is C29H34SnZr. The van der Waals surface area contributed by atoms with Crippen LogP contribution in [0, 0.1) is 18.3 Å². The van der Waals surface area contributed by atoms with Gasteiger partial charge in [-0.1, -0.05) is 12.1 Å². The van der Waals surface area contributed by atoms with Crippen LogP contribution in [-0.2, 0) is 26.2 Å². The Morgan fingerprint density at radius 2 is 0.935 bits per heavy atom. The molecule has 0 aromatic heterocycles. The van der Waals surface area contributed by atoms with E-state index in [1.165, 1.54) is 5.56 Å². The third-order valence-corrected chi connectivity index (χ3v) is 7.06. The Balaban J connectivity index is 0.000000398. The first-order valence-corrected chi connectivity index (χ1v) is 20.4. The molecule has 0 N–H and O–H groups in total. The normalized spacial score (nSPS) is 9.13. The molecule has 0 saturated carbocycles. The molecule has 4 aromatic rings. The van der Waals surface area contributed by atoms with Crippen molar-refractivity contribution in [3.05, 3.63) is 156 Å². The maximum atomic E-state index is 3.72. The molecule has 158 valence electrons. The molecule has 0 aliphatic carbocycles. The van der Waals surface area contributed by atoms with Crippen molar-refractivity contribution in [3.8, 4) is 0 Å². The fourth-order valence-electron chi connectivity index (χ4n) is 2.33. The minimum atomic E-state index is -1.69. The topological polar surface area (TPSA) is 0 Å².